The van der Waals surface area contributed by atoms with Crippen LogP contribution >= 0.6 is 0 Å². The highest BCUT2D eigenvalue weighted by molar-refractivity contribution is 5.77. The van der Waals surface area contributed by atoms with Gasteiger partial charge in [-0.15, -0.1) is 0 Å². The Kier molecular flexibility index (Phi) is 4.12. The number of rotatable bonds is 3. The van der Waals surface area contributed by atoms with Crippen molar-refractivity contribution in [2.75, 3.05) is 39.8 Å². The second kappa shape index (κ2) is 6.03. The molecule has 1 fully saturated rings. The summed E-state index contributed by atoms with van der Waals surface area (Å²) in [4.78, 5) is 16.2. The molecule has 5 heteroatoms. The number of amides is 1. The van der Waals surface area contributed by atoms with Crippen LogP contribution in [0, 0.1) is 0 Å². The van der Waals surface area contributed by atoms with Crippen molar-refractivity contribution in [1.82, 2.24) is 9.80 Å². The minimum absolute atomic E-state index is 0.0697. The van der Waals surface area contributed by atoms with Gasteiger partial charge < -0.3 is 20.3 Å². The predicted octanol–water partition coefficient (Wildman–Crippen LogP) is 0.785. The van der Waals surface area contributed by atoms with Gasteiger partial charge >= 0.3 is 0 Å². The average molecular weight is 289 g/mol. The van der Waals surface area contributed by atoms with Crippen LogP contribution in [0.15, 0.2) is 18.2 Å². The molecule has 0 saturated carbocycles. The third-order valence-electron chi connectivity index (χ3n) is 4.46. The van der Waals surface area contributed by atoms with Crippen molar-refractivity contribution in [3.63, 3.8) is 0 Å². The molecule has 1 heterocycles. The second-order valence-corrected chi connectivity index (χ2v) is 5.98. The fourth-order valence-electron chi connectivity index (χ4n) is 3.01. The summed E-state index contributed by atoms with van der Waals surface area (Å²) in [6, 6.07) is 6.13. The van der Waals surface area contributed by atoms with Gasteiger partial charge in [0.25, 0.3) is 5.91 Å². The summed E-state index contributed by atoms with van der Waals surface area (Å²) >= 11 is 0. The quantitative estimate of drug-likeness (QED) is 0.893. The lowest BCUT2D eigenvalue weighted by Crippen LogP contribution is -2.48. The van der Waals surface area contributed by atoms with Crippen LogP contribution in [0.1, 0.15) is 23.6 Å². The third-order valence-corrected chi connectivity index (χ3v) is 4.46. The normalized spacial score (nSPS) is 22.2. The van der Waals surface area contributed by atoms with E-state index in [9.17, 15) is 4.79 Å². The van der Waals surface area contributed by atoms with E-state index < -0.39 is 0 Å². The summed E-state index contributed by atoms with van der Waals surface area (Å²) in [5.41, 5.74) is 8.49. The summed E-state index contributed by atoms with van der Waals surface area (Å²) < 4.78 is 5.66. The number of aryl methyl sites for hydroxylation is 1. The van der Waals surface area contributed by atoms with Gasteiger partial charge in [0.2, 0.25) is 0 Å². The molecular weight excluding hydrogens is 266 g/mol. The zero-order valence-corrected chi connectivity index (χ0v) is 12.5. The Morgan fingerprint density at radius 1 is 1.33 bits per heavy atom. The number of carbonyl (C=O) groups excluding carboxylic acids is 1. The highest BCUT2D eigenvalue weighted by atomic mass is 16.5. The van der Waals surface area contributed by atoms with Crippen LogP contribution in [-0.2, 0) is 11.2 Å². The fourth-order valence-corrected chi connectivity index (χ4v) is 3.01. The van der Waals surface area contributed by atoms with Crippen LogP contribution in [0.2, 0.25) is 0 Å². The molecule has 1 aliphatic carbocycles. The Morgan fingerprint density at radius 3 is 2.86 bits per heavy atom. The number of fused-ring (bicyclic) bond motifs is 1. The summed E-state index contributed by atoms with van der Waals surface area (Å²) in [7, 11) is 2.08. The van der Waals surface area contributed by atoms with E-state index in [-0.39, 0.29) is 18.6 Å². The molecule has 1 amide bonds. The SMILES string of the molecule is CN1CCN(C(=O)COc2ccc3c(c2)CCC3N)CC1. The van der Waals surface area contributed by atoms with Crippen LogP contribution < -0.4 is 10.5 Å². The molecule has 1 aliphatic heterocycles. The van der Waals surface area contributed by atoms with Gasteiger partial charge in [-0.2, -0.15) is 0 Å². The highest BCUT2D eigenvalue weighted by Gasteiger charge is 2.21. The van der Waals surface area contributed by atoms with Crippen molar-refractivity contribution in [1.29, 1.82) is 0 Å². The molecule has 2 N–H and O–H groups in total. The molecule has 0 bridgehead atoms. The molecule has 0 radical (unpaired) electrons. The van der Waals surface area contributed by atoms with Crippen molar-refractivity contribution < 1.29 is 9.53 Å². The molecule has 3 rings (SSSR count). The molecule has 1 saturated heterocycles. The first-order chi connectivity index (χ1) is 10.1. The van der Waals surface area contributed by atoms with Crippen LogP contribution in [0.5, 0.6) is 5.75 Å². The molecule has 2 aliphatic rings. The number of nitrogens with two attached hydrogens (primary N) is 1. The zero-order valence-electron chi connectivity index (χ0n) is 12.5. The number of hydrogen-bond acceptors (Lipinski definition) is 4. The predicted molar refractivity (Wildman–Crippen MR) is 81.3 cm³/mol. The lowest BCUT2D eigenvalue weighted by Gasteiger charge is -2.32. The van der Waals surface area contributed by atoms with E-state index in [4.69, 9.17) is 10.5 Å². The van der Waals surface area contributed by atoms with Crippen molar-refractivity contribution in [2.24, 2.45) is 5.73 Å². The Labute approximate surface area is 125 Å². The van der Waals surface area contributed by atoms with Gasteiger partial charge in [0.05, 0.1) is 0 Å². The van der Waals surface area contributed by atoms with Crippen LogP contribution in [0.4, 0.5) is 0 Å². The smallest absolute Gasteiger partial charge is 0.260 e. The van der Waals surface area contributed by atoms with Crippen molar-refractivity contribution in [3.05, 3.63) is 29.3 Å². The van der Waals surface area contributed by atoms with Gasteiger partial charge in [-0.3, -0.25) is 4.79 Å². The van der Waals surface area contributed by atoms with Gasteiger partial charge in [0, 0.05) is 32.2 Å². The highest BCUT2D eigenvalue weighted by Crippen LogP contribution is 2.31. The van der Waals surface area contributed by atoms with Crippen LogP contribution in [0.3, 0.4) is 0 Å². The molecule has 5 nitrogen and oxygen atoms in total. The van der Waals surface area contributed by atoms with E-state index in [1.54, 1.807) is 0 Å². The average Bonchev–Trinajstić information content (AvgIpc) is 2.86. The Hall–Kier alpha value is -1.59. The van der Waals surface area contributed by atoms with Gasteiger partial charge in [-0.25, -0.2) is 0 Å². The van der Waals surface area contributed by atoms with E-state index in [0.29, 0.717) is 0 Å². The molecule has 1 aromatic rings. The molecular formula is C16H23N3O2. The maximum absolute atomic E-state index is 12.1. The maximum atomic E-state index is 12.1. The molecule has 1 unspecified atom stereocenters. The first kappa shape index (κ1) is 14.4. The monoisotopic (exact) mass is 289 g/mol. The molecule has 114 valence electrons. The molecule has 0 spiro atoms. The molecule has 21 heavy (non-hydrogen) atoms. The Balaban J connectivity index is 1.54. The Morgan fingerprint density at radius 2 is 2.10 bits per heavy atom. The lowest BCUT2D eigenvalue weighted by atomic mass is 10.1. The van der Waals surface area contributed by atoms with E-state index in [1.807, 2.05) is 23.1 Å². The van der Waals surface area contributed by atoms with Crippen molar-refractivity contribution in [2.45, 2.75) is 18.9 Å². The van der Waals surface area contributed by atoms with E-state index in [1.165, 1.54) is 11.1 Å². The van der Waals surface area contributed by atoms with Gasteiger partial charge in [0.1, 0.15) is 5.75 Å². The van der Waals surface area contributed by atoms with Crippen molar-refractivity contribution in [3.8, 4) is 5.75 Å². The van der Waals surface area contributed by atoms with Gasteiger partial charge in [-0.05, 0) is 43.1 Å². The molecule has 1 atom stereocenters. The second-order valence-electron chi connectivity index (χ2n) is 5.98. The minimum atomic E-state index is 0.0697. The lowest BCUT2D eigenvalue weighted by molar-refractivity contribution is -0.134. The number of nitrogens with zero attached hydrogens (tertiary/aromatic N) is 2. The van der Waals surface area contributed by atoms with Crippen LogP contribution in [-0.4, -0.2) is 55.5 Å². The largest absolute Gasteiger partial charge is 0.484 e. The number of carbonyl (C=O) groups is 1. The number of hydrogen-bond donors (Lipinski definition) is 1. The first-order valence-electron chi connectivity index (χ1n) is 7.61. The van der Waals surface area contributed by atoms with Crippen LogP contribution in [0.25, 0.3) is 0 Å². The zero-order chi connectivity index (χ0) is 14.8. The minimum Gasteiger partial charge on any atom is -0.484 e. The summed E-state index contributed by atoms with van der Waals surface area (Å²) in [6.07, 6.45) is 2.00. The van der Waals surface area contributed by atoms with E-state index in [2.05, 4.69) is 11.9 Å². The van der Waals surface area contributed by atoms with Gasteiger partial charge in [-0.1, -0.05) is 6.07 Å². The third kappa shape index (κ3) is 3.19. The number of benzene rings is 1. The summed E-state index contributed by atoms with van der Waals surface area (Å²) in [6.45, 7) is 3.56. The number of likely N-dealkylation sites (N-methyl/N-ethyl adjacent to an activating group) is 1. The summed E-state index contributed by atoms with van der Waals surface area (Å²) in [5.74, 6) is 0.839. The standard InChI is InChI=1S/C16H23N3O2/c1-18-6-8-19(9-7-18)16(20)11-21-13-3-4-14-12(10-13)2-5-15(14)17/h3-4,10,15H,2,5-9,11,17H2,1H3. The van der Waals surface area contributed by atoms with E-state index in [0.717, 1.165) is 44.8 Å². The topological polar surface area (TPSA) is 58.8 Å². The van der Waals surface area contributed by atoms with E-state index >= 15 is 0 Å². The molecule has 1 aromatic carbocycles. The first-order valence-corrected chi connectivity index (χ1v) is 7.61. The summed E-state index contributed by atoms with van der Waals surface area (Å²) in [5, 5.41) is 0. The number of ether oxygens (including phenoxy) is 1. The maximum Gasteiger partial charge on any atom is 0.260 e. The van der Waals surface area contributed by atoms with Gasteiger partial charge in [0.15, 0.2) is 6.61 Å². The number of piperazine rings is 1. The fraction of sp³-hybridized carbons (Fsp3) is 0.562. The van der Waals surface area contributed by atoms with Crippen molar-refractivity contribution >= 4 is 5.91 Å². The Bertz CT molecular complexity index is 524. The molecule has 0 aromatic heterocycles.